The van der Waals surface area contributed by atoms with Gasteiger partial charge in [-0.3, -0.25) is 4.57 Å². The smallest absolute Gasteiger partial charge is 0.325 e. The first-order valence-corrected chi connectivity index (χ1v) is 5.49. The largest absolute Gasteiger partial charge is 0.329 e. The van der Waals surface area contributed by atoms with Crippen molar-refractivity contribution < 1.29 is 4.79 Å². The summed E-state index contributed by atoms with van der Waals surface area (Å²) < 4.78 is 1.60. The second kappa shape index (κ2) is 4.35. The van der Waals surface area contributed by atoms with E-state index in [2.05, 4.69) is 4.98 Å². The molecular formula is C12H15N3O. The molecule has 0 fully saturated rings. The molecule has 0 radical (unpaired) electrons. The molecule has 0 bridgehead atoms. The van der Waals surface area contributed by atoms with E-state index in [0.29, 0.717) is 13.1 Å². The number of hydrogen-bond acceptors (Lipinski definition) is 2. The van der Waals surface area contributed by atoms with Crippen LogP contribution >= 0.6 is 0 Å². The molecule has 0 spiro atoms. The fraction of sp³-hybridized carbons (Fsp3) is 0.333. The molecule has 1 heterocycles. The van der Waals surface area contributed by atoms with Crippen LogP contribution in [0.2, 0.25) is 0 Å². The number of fused-ring (bicyclic) bond motifs is 1. The molecule has 0 aliphatic heterocycles. The maximum Gasteiger partial charge on any atom is 0.329 e. The quantitative estimate of drug-likeness (QED) is 0.774. The molecular weight excluding hydrogens is 202 g/mol. The Labute approximate surface area is 94.5 Å². The Morgan fingerprint density at radius 1 is 1.31 bits per heavy atom. The molecule has 16 heavy (non-hydrogen) atoms. The number of carbonyl (C=O) groups is 1. The molecule has 2 rings (SSSR count). The van der Waals surface area contributed by atoms with Gasteiger partial charge in [0.1, 0.15) is 6.33 Å². The molecule has 2 aromatic rings. The highest BCUT2D eigenvalue weighted by Crippen LogP contribution is 2.12. The third kappa shape index (κ3) is 1.66. The second-order valence-electron chi connectivity index (χ2n) is 3.56. The van der Waals surface area contributed by atoms with Crippen molar-refractivity contribution >= 4 is 17.1 Å². The molecule has 4 nitrogen and oxygen atoms in total. The third-order valence-corrected chi connectivity index (χ3v) is 2.69. The highest BCUT2D eigenvalue weighted by molar-refractivity contribution is 5.89. The van der Waals surface area contributed by atoms with Crippen LogP contribution in [0.15, 0.2) is 30.6 Å². The zero-order valence-corrected chi connectivity index (χ0v) is 9.55. The highest BCUT2D eigenvalue weighted by atomic mass is 16.2. The van der Waals surface area contributed by atoms with Crippen molar-refractivity contribution in [3.05, 3.63) is 30.6 Å². The minimum Gasteiger partial charge on any atom is -0.325 e. The van der Waals surface area contributed by atoms with Crippen LogP contribution < -0.4 is 0 Å². The van der Waals surface area contributed by atoms with E-state index in [1.54, 1.807) is 15.8 Å². The van der Waals surface area contributed by atoms with Gasteiger partial charge in [0, 0.05) is 13.1 Å². The summed E-state index contributed by atoms with van der Waals surface area (Å²) in [5, 5.41) is 0. The van der Waals surface area contributed by atoms with Crippen LogP contribution in [-0.4, -0.2) is 33.6 Å². The van der Waals surface area contributed by atoms with Gasteiger partial charge in [0.05, 0.1) is 11.0 Å². The van der Waals surface area contributed by atoms with Crippen molar-refractivity contribution in [1.29, 1.82) is 0 Å². The molecule has 0 atom stereocenters. The summed E-state index contributed by atoms with van der Waals surface area (Å²) in [6.45, 7) is 5.37. The van der Waals surface area contributed by atoms with Gasteiger partial charge >= 0.3 is 6.03 Å². The van der Waals surface area contributed by atoms with Crippen LogP contribution in [0.4, 0.5) is 4.79 Å². The van der Waals surface area contributed by atoms with E-state index in [-0.39, 0.29) is 6.03 Å². The average Bonchev–Trinajstić information content (AvgIpc) is 2.74. The Balaban J connectivity index is 2.43. The van der Waals surface area contributed by atoms with Crippen molar-refractivity contribution in [1.82, 2.24) is 14.5 Å². The molecule has 0 unspecified atom stereocenters. The summed E-state index contributed by atoms with van der Waals surface area (Å²) in [6, 6.07) is 7.63. The predicted molar refractivity (Wildman–Crippen MR) is 63.4 cm³/mol. The second-order valence-corrected chi connectivity index (χ2v) is 3.56. The van der Waals surface area contributed by atoms with Crippen LogP contribution in [0.5, 0.6) is 0 Å². The molecule has 0 saturated carbocycles. The lowest BCUT2D eigenvalue weighted by Crippen LogP contribution is -2.33. The number of benzene rings is 1. The zero-order chi connectivity index (χ0) is 11.5. The molecule has 0 aliphatic carbocycles. The lowest BCUT2D eigenvalue weighted by molar-refractivity contribution is 0.206. The fourth-order valence-corrected chi connectivity index (χ4v) is 1.76. The fourth-order valence-electron chi connectivity index (χ4n) is 1.76. The van der Waals surface area contributed by atoms with Gasteiger partial charge < -0.3 is 4.90 Å². The first-order valence-electron chi connectivity index (χ1n) is 5.49. The number of amides is 1. The molecule has 0 aliphatic rings. The first-order chi connectivity index (χ1) is 7.77. The van der Waals surface area contributed by atoms with Crippen molar-refractivity contribution in [2.45, 2.75) is 13.8 Å². The predicted octanol–water partition coefficient (Wildman–Crippen LogP) is 2.35. The van der Waals surface area contributed by atoms with Gasteiger partial charge in [-0.05, 0) is 26.0 Å². The molecule has 1 aromatic heterocycles. The maximum atomic E-state index is 12.1. The monoisotopic (exact) mass is 217 g/mol. The number of aromatic nitrogens is 2. The maximum absolute atomic E-state index is 12.1. The van der Waals surface area contributed by atoms with Gasteiger partial charge in [0.25, 0.3) is 0 Å². The lowest BCUT2D eigenvalue weighted by Gasteiger charge is -2.18. The molecule has 1 aromatic carbocycles. The Morgan fingerprint density at radius 2 is 2.00 bits per heavy atom. The average molecular weight is 217 g/mol. The number of para-hydroxylation sites is 2. The lowest BCUT2D eigenvalue weighted by atomic mass is 10.3. The van der Waals surface area contributed by atoms with E-state index in [1.807, 2.05) is 38.1 Å². The summed E-state index contributed by atoms with van der Waals surface area (Å²) >= 11 is 0. The molecule has 0 saturated heterocycles. The van der Waals surface area contributed by atoms with Crippen molar-refractivity contribution in [3.63, 3.8) is 0 Å². The van der Waals surface area contributed by atoms with Gasteiger partial charge in [0.15, 0.2) is 0 Å². The van der Waals surface area contributed by atoms with E-state index in [4.69, 9.17) is 0 Å². The molecule has 84 valence electrons. The first kappa shape index (κ1) is 10.7. The number of rotatable bonds is 2. The van der Waals surface area contributed by atoms with Crippen molar-refractivity contribution in [2.75, 3.05) is 13.1 Å². The summed E-state index contributed by atoms with van der Waals surface area (Å²) in [5.41, 5.74) is 1.71. The van der Waals surface area contributed by atoms with Crippen molar-refractivity contribution in [3.8, 4) is 0 Å². The van der Waals surface area contributed by atoms with Crippen LogP contribution in [0.1, 0.15) is 13.8 Å². The van der Waals surface area contributed by atoms with E-state index in [9.17, 15) is 4.79 Å². The Bertz CT molecular complexity index is 500. The third-order valence-electron chi connectivity index (χ3n) is 2.69. The Morgan fingerprint density at radius 3 is 2.69 bits per heavy atom. The summed E-state index contributed by atoms with van der Waals surface area (Å²) in [5.74, 6) is 0. The van der Waals surface area contributed by atoms with Crippen LogP contribution in [0, 0.1) is 0 Å². The van der Waals surface area contributed by atoms with E-state index >= 15 is 0 Å². The molecule has 4 heteroatoms. The molecule has 1 amide bonds. The van der Waals surface area contributed by atoms with Gasteiger partial charge in [-0.1, -0.05) is 12.1 Å². The van der Waals surface area contributed by atoms with E-state index in [0.717, 1.165) is 11.0 Å². The summed E-state index contributed by atoms with van der Waals surface area (Å²) in [6.07, 6.45) is 1.59. The number of imidazole rings is 1. The molecule has 0 N–H and O–H groups in total. The van der Waals surface area contributed by atoms with Gasteiger partial charge in [-0.2, -0.15) is 0 Å². The summed E-state index contributed by atoms with van der Waals surface area (Å²) in [4.78, 5) is 18.1. The van der Waals surface area contributed by atoms with Crippen molar-refractivity contribution in [2.24, 2.45) is 0 Å². The topological polar surface area (TPSA) is 38.1 Å². The Kier molecular flexibility index (Phi) is 2.90. The van der Waals surface area contributed by atoms with E-state index < -0.39 is 0 Å². The highest BCUT2D eigenvalue weighted by Gasteiger charge is 2.14. The summed E-state index contributed by atoms with van der Waals surface area (Å²) in [7, 11) is 0. The minimum atomic E-state index is -0.0151. The van der Waals surface area contributed by atoms with Crippen LogP contribution in [0.25, 0.3) is 11.0 Å². The van der Waals surface area contributed by atoms with Gasteiger partial charge in [0.2, 0.25) is 0 Å². The van der Waals surface area contributed by atoms with Crippen LogP contribution in [0.3, 0.4) is 0 Å². The number of hydrogen-bond donors (Lipinski definition) is 0. The number of carbonyl (C=O) groups excluding carboxylic acids is 1. The normalized spacial score (nSPS) is 10.6. The zero-order valence-electron chi connectivity index (χ0n) is 9.55. The van der Waals surface area contributed by atoms with Gasteiger partial charge in [-0.15, -0.1) is 0 Å². The SMILES string of the molecule is CCN(CC)C(=O)n1cnc2ccccc21. The number of nitrogens with zero attached hydrogens (tertiary/aromatic N) is 3. The minimum absolute atomic E-state index is 0.0151. The van der Waals surface area contributed by atoms with Gasteiger partial charge in [-0.25, -0.2) is 9.78 Å². The van der Waals surface area contributed by atoms with Crippen LogP contribution in [-0.2, 0) is 0 Å². The Hall–Kier alpha value is -1.84. The standard InChI is InChI=1S/C12H15N3O/c1-3-14(4-2)12(16)15-9-13-10-7-5-6-8-11(10)15/h5-9H,3-4H2,1-2H3. The van der Waals surface area contributed by atoms with E-state index in [1.165, 1.54) is 0 Å².